The lowest BCUT2D eigenvalue weighted by Gasteiger charge is -2.49. The fraction of sp³-hybridized carbons (Fsp3) is 0.423. The minimum Gasteiger partial charge on any atom is -0.487 e. The standard InChI is InChI=1S/C26H30O4/c1-17(2)8-6-14-26(3)22-11-7-15-29-24(22)21-16-18(12-13-23(21)30-26)19-9-4-5-10-20(19)25(27)28/h4-5,8-10,12-13,16,22,24H,6-7,11,14-15H2,1-3H3,(H,27,28)/t22-,24+,26-/m1/s1. The molecule has 1 saturated heterocycles. The summed E-state index contributed by atoms with van der Waals surface area (Å²) in [5.74, 6) is 0.224. The van der Waals surface area contributed by atoms with Crippen LogP contribution in [0.5, 0.6) is 5.75 Å². The number of rotatable bonds is 5. The first-order chi connectivity index (χ1) is 14.4. The van der Waals surface area contributed by atoms with Crippen LogP contribution in [0.15, 0.2) is 54.1 Å². The van der Waals surface area contributed by atoms with Gasteiger partial charge in [0.25, 0.3) is 0 Å². The normalized spacial score (nSPS) is 24.9. The number of allylic oxidation sites excluding steroid dienone is 2. The molecule has 0 bridgehead atoms. The number of carboxylic acids is 1. The molecule has 1 fully saturated rings. The maximum Gasteiger partial charge on any atom is 0.336 e. The van der Waals surface area contributed by atoms with Crippen LogP contribution in [-0.2, 0) is 4.74 Å². The Balaban J connectivity index is 1.73. The first-order valence-electron chi connectivity index (χ1n) is 10.8. The number of aromatic carboxylic acids is 1. The second-order valence-electron chi connectivity index (χ2n) is 8.88. The van der Waals surface area contributed by atoms with Crippen molar-refractivity contribution in [3.8, 4) is 16.9 Å². The number of fused-ring (bicyclic) bond motifs is 3. The van der Waals surface area contributed by atoms with E-state index >= 15 is 0 Å². The summed E-state index contributed by atoms with van der Waals surface area (Å²) in [7, 11) is 0. The lowest BCUT2D eigenvalue weighted by molar-refractivity contribution is -0.126. The van der Waals surface area contributed by atoms with Crippen molar-refractivity contribution in [2.45, 2.75) is 58.2 Å². The van der Waals surface area contributed by atoms with Crippen molar-refractivity contribution in [3.63, 3.8) is 0 Å². The monoisotopic (exact) mass is 406 g/mol. The zero-order valence-corrected chi connectivity index (χ0v) is 18.0. The van der Waals surface area contributed by atoms with Crippen LogP contribution in [0.3, 0.4) is 0 Å². The highest BCUT2D eigenvalue weighted by atomic mass is 16.5. The van der Waals surface area contributed by atoms with E-state index in [1.54, 1.807) is 12.1 Å². The summed E-state index contributed by atoms with van der Waals surface area (Å²) in [6.45, 7) is 7.22. The molecule has 4 nitrogen and oxygen atoms in total. The Morgan fingerprint density at radius 1 is 1.23 bits per heavy atom. The molecule has 4 heteroatoms. The SMILES string of the molecule is CC(C)=CCC[C@@]1(C)Oc2ccc(-c3ccccc3C(=O)O)cc2[C@@H]2OCCC[C@H]21. The summed E-state index contributed by atoms with van der Waals surface area (Å²) in [5, 5.41) is 9.59. The van der Waals surface area contributed by atoms with Crippen LogP contribution in [0.1, 0.15) is 68.5 Å². The van der Waals surface area contributed by atoms with Crippen molar-refractivity contribution >= 4 is 5.97 Å². The lowest BCUT2D eigenvalue weighted by atomic mass is 9.73. The Hall–Kier alpha value is -2.59. The van der Waals surface area contributed by atoms with Gasteiger partial charge in [0.1, 0.15) is 11.4 Å². The van der Waals surface area contributed by atoms with Crippen LogP contribution in [0.4, 0.5) is 0 Å². The third kappa shape index (κ3) is 3.89. The molecule has 0 saturated carbocycles. The molecule has 2 aliphatic heterocycles. The number of carbonyl (C=O) groups is 1. The van der Waals surface area contributed by atoms with E-state index in [1.807, 2.05) is 24.3 Å². The second-order valence-corrected chi connectivity index (χ2v) is 8.88. The number of hydrogen-bond acceptors (Lipinski definition) is 3. The van der Waals surface area contributed by atoms with Crippen molar-refractivity contribution in [2.75, 3.05) is 6.61 Å². The molecule has 0 unspecified atom stereocenters. The van der Waals surface area contributed by atoms with Crippen LogP contribution in [0.25, 0.3) is 11.1 Å². The van der Waals surface area contributed by atoms with Gasteiger partial charge in [0.15, 0.2) is 0 Å². The molecule has 4 rings (SSSR count). The van der Waals surface area contributed by atoms with Crippen molar-refractivity contribution in [1.29, 1.82) is 0 Å². The zero-order valence-electron chi connectivity index (χ0n) is 18.0. The van der Waals surface area contributed by atoms with Crippen molar-refractivity contribution in [3.05, 3.63) is 65.2 Å². The Kier molecular flexibility index (Phi) is 5.70. The van der Waals surface area contributed by atoms with Crippen LogP contribution < -0.4 is 4.74 Å². The summed E-state index contributed by atoms with van der Waals surface area (Å²) >= 11 is 0. The zero-order chi connectivity index (χ0) is 21.3. The van der Waals surface area contributed by atoms with Gasteiger partial charge in [-0.05, 0) is 75.8 Å². The summed E-state index contributed by atoms with van der Waals surface area (Å²) in [6, 6.07) is 13.1. The summed E-state index contributed by atoms with van der Waals surface area (Å²) in [6.07, 6.45) is 6.31. The van der Waals surface area contributed by atoms with Crippen molar-refractivity contribution in [1.82, 2.24) is 0 Å². The first-order valence-corrected chi connectivity index (χ1v) is 10.8. The number of hydrogen-bond donors (Lipinski definition) is 1. The van der Waals surface area contributed by atoms with Gasteiger partial charge in [-0.1, -0.05) is 35.9 Å². The Bertz CT molecular complexity index is 973. The molecule has 2 aromatic rings. The molecule has 2 aliphatic rings. The average molecular weight is 407 g/mol. The molecule has 30 heavy (non-hydrogen) atoms. The third-order valence-electron chi connectivity index (χ3n) is 6.43. The minimum atomic E-state index is -0.918. The molecule has 0 radical (unpaired) electrons. The first kappa shape index (κ1) is 20.7. The van der Waals surface area contributed by atoms with E-state index < -0.39 is 5.97 Å². The van der Waals surface area contributed by atoms with Crippen molar-refractivity contribution in [2.24, 2.45) is 5.92 Å². The fourth-order valence-corrected chi connectivity index (χ4v) is 4.88. The van der Waals surface area contributed by atoms with E-state index in [0.717, 1.165) is 54.7 Å². The molecule has 2 aromatic carbocycles. The maximum atomic E-state index is 11.7. The Morgan fingerprint density at radius 2 is 2.03 bits per heavy atom. The van der Waals surface area contributed by atoms with E-state index in [2.05, 4.69) is 32.9 Å². The molecule has 2 heterocycles. The van der Waals surface area contributed by atoms with Gasteiger partial charge in [-0.25, -0.2) is 4.79 Å². The van der Waals surface area contributed by atoms with E-state index in [0.29, 0.717) is 5.56 Å². The van der Waals surface area contributed by atoms with Crippen LogP contribution in [-0.4, -0.2) is 23.3 Å². The maximum absolute atomic E-state index is 11.7. The summed E-state index contributed by atoms with van der Waals surface area (Å²) in [5.41, 5.74) is 4.00. The summed E-state index contributed by atoms with van der Waals surface area (Å²) < 4.78 is 12.9. The predicted molar refractivity (Wildman–Crippen MR) is 118 cm³/mol. The minimum absolute atomic E-state index is 0.0175. The van der Waals surface area contributed by atoms with E-state index in [4.69, 9.17) is 9.47 Å². The third-order valence-corrected chi connectivity index (χ3v) is 6.43. The molecule has 3 atom stereocenters. The second kappa shape index (κ2) is 8.27. The number of carboxylic acid groups (broad SMARTS) is 1. The van der Waals surface area contributed by atoms with E-state index in [-0.39, 0.29) is 17.6 Å². The predicted octanol–water partition coefficient (Wildman–Crippen LogP) is 6.42. The average Bonchev–Trinajstić information content (AvgIpc) is 2.73. The van der Waals surface area contributed by atoms with Gasteiger partial charge in [-0.3, -0.25) is 0 Å². The molecule has 0 amide bonds. The smallest absolute Gasteiger partial charge is 0.336 e. The van der Waals surface area contributed by atoms with Gasteiger partial charge in [-0.2, -0.15) is 0 Å². The number of ether oxygens (including phenoxy) is 2. The largest absolute Gasteiger partial charge is 0.487 e. The highest BCUT2D eigenvalue weighted by molar-refractivity contribution is 5.96. The van der Waals surface area contributed by atoms with E-state index in [9.17, 15) is 9.90 Å². The molecular formula is C26H30O4. The topological polar surface area (TPSA) is 55.8 Å². The fourth-order valence-electron chi connectivity index (χ4n) is 4.88. The van der Waals surface area contributed by atoms with E-state index in [1.165, 1.54) is 5.57 Å². The van der Waals surface area contributed by atoms with Crippen LogP contribution >= 0.6 is 0 Å². The van der Waals surface area contributed by atoms with Gasteiger partial charge >= 0.3 is 5.97 Å². The van der Waals surface area contributed by atoms with Gasteiger partial charge in [0.05, 0.1) is 11.7 Å². The van der Waals surface area contributed by atoms with Crippen LogP contribution in [0, 0.1) is 5.92 Å². The van der Waals surface area contributed by atoms with Crippen LogP contribution in [0.2, 0.25) is 0 Å². The molecular weight excluding hydrogens is 376 g/mol. The van der Waals surface area contributed by atoms with Gasteiger partial charge in [0.2, 0.25) is 0 Å². The number of benzene rings is 2. The van der Waals surface area contributed by atoms with Gasteiger partial charge < -0.3 is 14.6 Å². The summed E-state index contributed by atoms with van der Waals surface area (Å²) in [4.78, 5) is 11.7. The molecule has 158 valence electrons. The molecule has 0 aromatic heterocycles. The van der Waals surface area contributed by atoms with Gasteiger partial charge in [-0.15, -0.1) is 0 Å². The lowest BCUT2D eigenvalue weighted by Crippen LogP contribution is -2.49. The van der Waals surface area contributed by atoms with Crippen molar-refractivity contribution < 1.29 is 19.4 Å². The molecule has 0 spiro atoms. The van der Waals surface area contributed by atoms with Gasteiger partial charge in [0, 0.05) is 18.1 Å². The molecule has 1 N–H and O–H groups in total. The Morgan fingerprint density at radius 3 is 2.80 bits per heavy atom. The Labute approximate surface area is 178 Å². The highest BCUT2D eigenvalue weighted by Gasteiger charge is 2.48. The quantitative estimate of drug-likeness (QED) is 0.582. The highest BCUT2D eigenvalue weighted by Crippen LogP contribution is 2.51. The molecule has 0 aliphatic carbocycles.